The van der Waals surface area contributed by atoms with Crippen molar-refractivity contribution in [1.29, 1.82) is 0 Å². The molecule has 7 nitrogen and oxygen atoms in total. The second-order valence-electron chi connectivity index (χ2n) is 6.73. The molecule has 2 aromatic carbocycles. The zero-order valence-corrected chi connectivity index (χ0v) is 17.5. The number of rotatable bonds is 9. The van der Waals surface area contributed by atoms with Gasteiger partial charge < -0.3 is 10.1 Å². The maximum absolute atomic E-state index is 12.4. The number of hydrogen-bond acceptors (Lipinski definition) is 5. The van der Waals surface area contributed by atoms with Crippen molar-refractivity contribution in [2.45, 2.75) is 32.3 Å². The Morgan fingerprint density at radius 2 is 1.66 bits per heavy atom. The summed E-state index contributed by atoms with van der Waals surface area (Å²) in [6.45, 7) is 3.94. The Balaban J connectivity index is 1.98. The van der Waals surface area contributed by atoms with Gasteiger partial charge in [0.2, 0.25) is 10.0 Å². The number of amides is 1. The van der Waals surface area contributed by atoms with E-state index < -0.39 is 28.0 Å². The van der Waals surface area contributed by atoms with Crippen LogP contribution in [0.3, 0.4) is 0 Å². The summed E-state index contributed by atoms with van der Waals surface area (Å²) >= 11 is 0. The van der Waals surface area contributed by atoms with Crippen LogP contribution in [-0.4, -0.2) is 39.2 Å². The van der Waals surface area contributed by atoms with E-state index in [0.717, 1.165) is 18.2 Å². The van der Waals surface area contributed by atoms with E-state index in [4.69, 9.17) is 4.74 Å². The third-order valence-corrected chi connectivity index (χ3v) is 4.97. The average molecular weight is 419 g/mol. The molecule has 0 saturated heterocycles. The van der Waals surface area contributed by atoms with Crippen molar-refractivity contribution in [3.05, 3.63) is 65.7 Å². The largest absolute Gasteiger partial charge is 0.449 e. The standard InChI is InChI=1S/C21H26N2O5S/c1-4-16(17-10-6-5-7-11-17)14-22-20(24)15(2)28-21(25)18-12-8-9-13-19(18)23-29(3,26)27/h5-13,15-16,23H,4,14H2,1-3H3,(H,22,24)/t15-,16+/m0/s1. The van der Waals surface area contributed by atoms with Gasteiger partial charge in [0.05, 0.1) is 17.5 Å². The number of carbonyl (C=O) groups excluding carboxylic acids is 2. The molecule has 0 aliphatic rings. The van der Waals surface area contributed by atoms with Crippen molar-refractivity contribution in [1.82, 2.24) is 5.32 Å². The van der Waals surface area contributed by atoms with E-state index in [0.29, 0.717) is 6.54 Å². The predicted molar refractivity (Wildman–Crippen MR) is 112 cm³/mol. The number of ether oxygens (including phenoxy) is 1. The first-order valence-corrected chi connectivity index (χ1v) is 11.2. The molecule has 8 heteroatoms. The first-order chi connectivity index (χ1) is 13.7. The molecule has 0 aliphatic heterocycles. The van der Waals surface area contributed by atoms with Crippen LogP contribution in [0.25, 0.3) is 0 Å². The molecule has 0 saturated carbocycles. The SMILES string of the molecule is CC[C@H](CNC(=O)[C@H](C)OC(=O)c1ccccc1NS(C)(=O)=O)c1ccccc1. The van der Waals surface area contributed by atoms with Crippen LogP contribution in [0, 0.1) is 0 Å². The molecule has 156 valence electrons. The van der Waals surface area contributed by atoms with Crippen LogP contribution in [0.2, 0.25) is 0 Å². The van der Waals surface area contributed by atoms with E-state index in [9.17, 15) is 18.0 Å². The van der Waals surface area contributed by atoms with Gasteiger partial charge in [-0.05, 0) is 31.0 Å². The smallest absolute Gasteiger partial charge is 0.341 e. The molecule has 0 heterocycles. The number of benzene rings is 2. The van der Waals surface area contributed by atoms with Crippen LogP contribution in [0.4, 0.5) is 5.69 Å². The van der Waals surface area contributed by atoms with Crippen molar-refractivity contribution in [3.63, 3.8) is 0 Å². The van der Waals surface area contributed by atoms with Crippen molar-refractivity contribution in [2.75, 3.05) is 17.5 Å². The number of anilines is 1. The van der Waals surface area contributed by atoms with Gasteiger partial charge in [-0.3, -0.25) is 9.52 Å². The number of esters is 1. The van der Waals surface area contributed by atoms with Crippen LogP contribution in [0.1, 0.15) is 42.1 Å². The van der Waals surface area contributed by atoms with Gasteiger partial charge in [-0.15, -0.1) is 0 Å². The Bertz CT molecular complexity index is 945. The lowest BCUT2D eigenvalue weighted by Gasteiger charge is -2.19. The normalized spacial score (nSPS) is 13.2. The van der Waals surface area contributed by atoms with Crippen LogP contribution in [0.15, 0.2) is 54.6 Å². The molecule has 0 fully saturated rings. The molecule has 0 aliphatic carbocycles. The first-order valence-electron chi connectivity index (χ1n) is 9.31. The third-order valence-electron chi connectivity index (χ3n) is 4.38. The molecule has 2 N–H and O–H groups in total. The number of sulfonamides is 1. The zero-order chi connectivity index (χ0) is 21.4. The molecule has 0 spiro atoms. The lowest BCUT2D eigenvalue weighted by molar-refractivity contribution is -0.129. The number of para-hydroxylation sites is 1. The van der Waals surface area contributed by atoms with Crippen molar-refractivity contribution >= 4 is 27.6 Å². The highest BCUT2D eigenvalue weighted by Gasteiger charge is 2.22. The number of nitrogens with one attached hydrogen (secondary N) is 2. The Kier molecular flexibility index (Phi) is 7.78. The van der Waals surface area contributed by atoms with Gasteiger partial charge in [-0.1, -0.05) is 49.4 Å². The van der Waals surface area contributed by atoms with Gasteiger partial charge >= 0.3 is 5.97 Å². The highest BCUT2D eigenvalue weighted by atomic mass is 32.2. The zero-order valence-electron chi connectivity index (χ0n) is 16.7. The molecular formula is C21H26N2O5S. The van der Waals surface area contributed by atoms with E-state index in [2.05, 4.69) is 10.0 Å². The Labute approximate surface area is 171 Å². The van der Waals surface area contributed by atoms with Gasteiger partial charge in [0.15, 0.2) is 6.10 Å². The summed E-state index contributed by atoms with van der Waals surface area (Å²) in [5, 5.41) is 2.81. The number of hydrogen-bond donors (Lipinski definition) is 2. The first kappa shape index (κ1) is 22.4. The summed E-state index contributed by atoms with van der Waals surface area (Å²) in [7, 11) is -3.56. The summed E-state index contributed by atoms with van der Waals surface area (Å²) in [4.78, 5) is 24.8. The highest BCUT2D eigenvalue weighted by molar-refractivity contribution is 7.92. The topological polar surface area (TPSA) is 102 Å². The quantitative estimate of drug-likeness (QED) is 0.610. The Hall–Kier alpha value is -2.87. The summed E-state index contributed by atoms with van der Waals surface area (Å²) < 4.78 is 30.5. The van der Waals surface area contributed by atoms with Crippen LogP contribution in [0.5, 0.6) is 0 Å². The molecule has 2 atom stereocenters. The van der Waals surface area contributed by atoms with Crippen LogP contribution >= 0.6 is 0 Å². The van der Waals surface area contributed by atoms with Crippen LogP contribution < -0.4 is 10.0 Å². The minimum Gasteiger partial charge on any atom is -0.449 e. The fourth-order valence-electron chi connectivity index (χ4n) is 2.82. The van der Waals surface area contributed by atoms with E-state index >= 15 is 0 Å². The molecule has 0 radical (unpaired) electrons. The van der Waals surface area contributed by atoms with E-state index in [-0.39, 0.29) is 17.2 Å². The fraction of sp³-hybridized carbons (Fsp3) is 0.333. The van der Waals surface area contributed by atoms with Crippen LogP contribution in [-0.2, 0) is 19.6 Å². The minimum atomic E-state index is -3.56. The summed E-state index contributed by atoms with van der Waals surface area (Å²) in [5.41, 5.74) is 1.26. The van der Waals surface area contributed by atoms with Crippen molar-refractivity contribution < 1.29 is 22.7 Å². The molecule has 0 unspecified atom stereocenters. The Morgan fingerprint density at radius 3 is 2.28 bits per heavy atom. The predicted octanol–water partition coefficient (Wildman–Crippen LogP) is 2.91. The average Bonchev–Trinajstić information content (AvgIpc) is 2.68. The highest BCUT2D eigenvalue weighted by Crippen LogP contribution is 2.19. The molecule has 29 heavy (non-hydrogen) atoms. The van der Waals surface area contributed by atoms with Gasteiger partial charge in [-0.2, -0.15) is 0 Å². The monoisotopic (exact) mass is 418 g/mol. The van der Waals surface area contributed by atoms with Gasteiger partial charge in [-0.25, -0.2) is 13.2 Å². The summed E-state index contributed by atoms with van der Waals surface area (Å²) in [5.74, 6) is -1.04. The summed E-state index contributed by atoms with van der Waals surface area (Å²) in [6, 6.07) is 15.9. The minimum absolute atomic E-state index is 0.0355. The van der Waals surface area contributed by atoms with E-state index in [1.165, 1.54) is 19.1 Å². The van der Waals surface area contributed by atoms with Crippen molar-refractivity contribution in [3.8, 4) is 0 Å². The summed E-state index contributed by atoms with van der Waals surface area (Å²) in [6.07, 6.45) is 0.812. The second kappa shape index (κ2) is 10.1. The van der Waals surface area contributed by atoms with Gasteiger partial charge in [0, 0.05) is 12.5 Å². The maximum Gasteiger partial charge on any atom is 0.341 e. The number of carbonyl (C=O) groups is 2. The van der Waals surface area contributed by atoms with E-state index in [1.807, 2.05) is 37.3 Å². The van der Waals surface area contributed by atoms with E-state index in [1.54, 1.807) is 12.1 Å². The van der Waals surface area contributed by atoms with Gasteiger partial charge in [0.25, 0.3) is 5.91 Å². The fourth-order valence-corrected chi connectivity index (χ4v) is 3.40. The molecule has 0 aromatic heterocycles. The molecule has 2 rings (SSSR count). The maximum atomic E-state index is 12.4. The van der Waals surface area contributed by atoms with Gasteiger partial charge in [0.1, 0.15) is 0 Å². The lowest BCUT2D eigenvalue weighted by Crippen LogP contribution is -2.38. The Morgan fingerprint density at radius 1 is 1.03 bits per heavy atom. The molecule has 2 aromatic rings. The molecular weight excluding hydrogens is 392 g/mol. The van der Waals surface area contributed by atoms with Crippen molar-refractivity contribution in [2.24, 2.45) is 0 Å². The molecule has 0 bridgehead atoms. The third kappa shape index (κ3) is 6.90. The second-order valence-corrected chi connectivity index (χ2v) is 8.48. The lowest BCUT2D eigenvalue weighted by atomic mass is 9.96. The molecule has 1 amide bonds.